The van der Waals surface area contributed by atoms with Gasteiger partial charge in [-0.05, 0) is 54.3 Å². The largest absolute Gasteiger partial charge is 0.388 e. The molecule has 2 nitrogen and oxygen atoms in total. The summed E-state index contributed by atoms with van der Waals surface area (Å²) in [6.45, 7) is 4.22. The Morgan fingerprint density at radius 2 is 1.44 bits per heavy atom. The molecule has 0 bridgehead atoms. The number of anilines is 1. The molecule has 0 radical (unpaired) electrons. The average Bonchev–Trinajstić information content (AvgIpc) is 2.69. The van der Waals surface area contributed by atoms with Gasteiger partial charge in [-0.1, -0.05) is 76.9 Å². The van der Waals surface area contributed by atoms with Gasteiger partial charge in [-0.2, -0.15) is 0 Å². The first kappa shape index (κ1) is 19.7. The van der Waals surface area contributed by atoms with E-state index >= 15 is 0 Å². The van der Waals surface area contributed by atoms with E-state index in [4.69, 9.17) is 0 Å². The summed E-state index contributed by atoms with van der Waals surface area (Å²) in [7, 11) is 0. The minimum atomic E-state index is -0.524. The highest BCUT2D eigenvalue weighted by Gasteiger charge is 2.18. The van der Waals surface area contributed by atoms with Crippen LogP contribution in [0.5, 0.6) is 0 Å². The number of aliphatic hydroxyl groups excluding tert-OH is 1. The van der Waals surface area contributed by atoms with E-state index in [0.29, 0.717) is 6.42 Å². The Morgan fingerprint density at radius 1 is 0.852 bits per heavy atom. The smallest absolute Gasteiger partial charge is 0.0812 e. The number of rotatable bonds is 7. The maximum absolute atomic E-state index is 10.8. The molecular formula is C24H26BrNO. The minimum Gasteiger partial charge on any atom is -0.388 e. The molecule has 27 heavy (non-hydrogen) atoms. The van der Waals surface area contributed by atoms with Crippen LogP contribution in [0.25, 0.3) is 0 Å². The molecule has 0 saturated carbocycles. The zero-order valence-electron chi connectivity index (χ0n) is 15.8. The highest BCUT2D eigenvalue weighted by Crippen LogP contribution is 2.30. The van der Waals surface area contributed by atoms with E-state index in [1.54, 1.807) is 0 Å². The van der Waals surface area contributed by atoms with Gasteiger partial charge in [0, 0.05) is 16.6 Å². The Balaban J connectivity index is 1.83. The standard InChI is InChI=1S/C24H26BrNO/c1-3-18-6-10-19(11-7-18)23(26-22-14-12-21(25)13-15-22)16-24(27)20-8-4-17(2)5-9-20/h4-15,23-24,26-27H,3,16H2,1-2H3. The maximum Gasteiger partial charge on any atom is 0.0812 e. The number of halogens is 1. The molecule has 0 aromatic heterocycles. The van der Waals surface area contributed by atoms with E-state index in [1.165, 1.54) is 16.7 Å². The Morgan fingerprint density at radius 3 is 2.04 bits per heavy atom. The van der Waals surface area contributed by atoms with Crippen LogP contribution in [0.4, 0.5) is 5.69 Å². The summed E-state index contributed by atoms with van der Waals surface area (Å²) >= 11 is 3.48. The molecule has 0 fully saturated rings. The first-order chi connectivity index (χ1) is 13.0. The molecule has 0 aliphatic carbocycles. The molecule has 2 atom stereocenters. The molecule has 0 amide bonds. The normalized spacial score (nSPS) is 13.2. The van der Waals surface area contributed by atoms with Gasteiger partial charge in [0.2, 0.25) is 0 Å². The third kappa shape index (κ3) is 5.44. The van der Waals surface area contributed by atoms with E-state index in [9.17, 15) is 5.11 Å². The quantitative estimate of drug-likeness (QED) is 0.448. The lowest BCUT2D eigenvalue weighted by molar-refractivity contribution is 0.160. The Kier molecular flexibility index (Phi) is 6.70. The van der Waals surface area contributed by atoms with Crippen molar-refractivity contribution in [3.63, 3.8) is 0 Å². The zero-order valence-corrected chi connectivity index (χ0v) is 17.4. The number of nitrogens with one attached hydrogen (secondary N) is 1. The summed E-state index contributed by atoms with van der Waals surface area (Å²) in [6.07, 6.45) is 1.10. The van der Waals surface area contributed by atoms with Crippen LogP contribution in [0.2, 0.25) is 0 Å². The predicted molar refractivity (Wildman–Crippen MR) is 117 cm³/mol. The Labute approximate surface area is 170 Å². The summed E-state index contributed by atoms with van der Waals surface area (Å²) in [5, 5.41) is 14.4. The van der Waals surface area contributed by atoms with E-state index in [1.807, 2.05) is 36.4 Å². The molecule has 3 aromatic carbocycles. The number of hydrogen-bond acceptors (Lipinski definition) is 2. The van der Waals surface area contributed by atoms with Crippen molar-refractivity contribution in [1.82, 2.24) is 0 Å². The first-order valence-corrected chi connectivity index (χ1v) is 10.2. The molecule has 3 heteroatoms. The fourth-order valence-corrected chi connectivity index (χ4v) is 3.42. The van der Waals surface area contributed by atoms with Crippen molar-refractivity contribution in [2.45, 2.75) is 38.8 Å². The second-order valence-corrected chi connectivity index (χ2v) is 7.88. The molecule has 3 rings (SSSR count). The molecule has 3 aromatic rings. The molecule has 0 spiro atoms. The van der Waals surface area contributed by atoms with Crippen molar-refractivity contribution in [2.75, 3.05) is 5.32 Å². The molecule has 0 saturated heterocycles. The number of aliphatic hydroxyl groups is 1. The summed E-state index contributed by atoms with van der Waals surface area (Å²) in [6, 6.07) is 25.0. The second-order valence-electron chi connectivity index (χ2n) is 6.96. The van der Waals surface area contributed by atoms with Crippen LogP contribution in [0, 0.1) is 6.92 Å². The topological polar surface area (TPSA) is 32.3 Å². The van der Waals surface area contributed by atoms with Gasteiger partial charge in [0.25, 0.3) is 0 Å². The molecule has 0 aliphatic heterocycles. The SMILES string of the molecule is CCc1ccc(C(CC(O)c2ccc(C)cc2)Nc2ccc(Br)cc2)cc1. The van der Waals surface area contributed by atoms with Crippen molar-refractivity contribution in [2.24, 2.45) is 0 Å². The number of aryl methyl sites for hydroxylation is 2. The van der Waals surface area contributed by atoms with Crippen LogP contribution in [-0.4, -0.2) is 5.11 Å². The van der Waals surface area contributed by atoms with E-state index in [0.717, 1.165) is 22.1 Å². The van der Waals surface area contributed by atoms with Crippen molar-refractivity contribution >= 4 is 21.6 Å². The Hall–Kier alpha value is -2.10. The van der Waals surface area contributed by atoms with Gasteiger partial charge in [0.1, 0.15) is 0 Å². The highest BCUT2D eigenvalue weighted by atomic mass is 79.9. The van der Waals surface area contributed by atoms with Gasteiger partial charge < -0.3 is 10.4 Å². The van der Waals surface area contributed by atoms with Crippen LogP contribution < -0.4 is 5.32 Å². The average molecular weight is 424 g/mol. The van der Waals surface area contributed by atoms with Crippen LogP contribution in [0.1, 0.15) is 47.7 Å². The van der Waals surface area contributed by atoms with Crippen molar-refractivity contribution in [1.29, 1.82) is 0 Å². The number of hydrogen-bond donors (Lipinski definition) is 2. The van der Waals surface area contributed by atoms with Gasteiger partial charge in [-0.25, -0.2) is 0 Å². The van der Waals surface area contributed by atoms with Crippen LogP contribution in [0.3, 0.4) is 0 Å². The van der Waals surface area contributed by atoms with E-state index in [2.05, 4.69) is 71.5 Å². The fraction of sp³-hybridized carbons (Fsp3) is 0.250. The van der Waals surface area contributed by atoms with E-state index in [-0.39, 0.29) is 6.04 Å². The number of benzene rings is 3. The molecule has 0 heterocycles. The Bertz CT molecular complexity index is 841. The molecular weight excluding hydrogens is 398 g/mol. The molecule has 2 unspecified atom stereocenters. The molecule has 0 aliphatic rings. The third-order valence-corrected chi connectivity index (χ3v) is 5.43. The van der Waals surface area contributed by atoms with Gasteiger partial charge >= 0.3 is 0 Å². The fourth-order valence-electron chi connectivity index (χ4n) is 3.16. The van der Waals surface area contributed by atoms with E-state index < -0.39 is 6.10 Å². The lowest BCUT2D eigenvalue weighted by atomic mass is 9.95. The van der Waals surface area contributed by atoms with Gasteiger partial charge in [0.05, 0.1) is 12.1 Å². The summed E-state index contributed by atoms with van der Waals surface area (Å²) < 4.78 is 1.05. The third-order valence-electron chi connectivity index (χ3n) is 4.90. The van der Waals surface area contributed by atoms with Gasteiger partial charge in [-0.3, -0.25) is 0 Å². The van der Waals surface area contributed by atoms with Crippen molar-refractivity contribution in [3.8, 4) is 0 Å². The zero-order chi connectivity index (χ0) is 19.2. The van der Waals surface area contributed by atoms with Crippen molar-refractivity contribution < 1.29 is 5.11 Å². The monoisotopic (exact) mass is 423 g/mol. The summed E-state index contributed by atoms with van der Waals surface area (Å²) in [5.41, 5.74) is 5.69. The molecule has 2 N–H and O–H groups in total. The summed E-state index contributed by atoms with van der Waals surface area (Å²) in [5.74, 6) is 0. The minimum absolute atomic E-state index is 0.0217. The summed E-state index contributed by atoms with van der Waals surface area (Å²) in [4.78, 5) is 0. The predicted octanol–water partition coefficient (Wildman–Crippen LogP) is 6.60. The lowest BCUT2D eigenvalue weighted by Crippen LogP contribution is -2.15. The highest BCUT2D eigenvalue weighted by molar-refractivity contribution is 9.10. The maximum atomic E-state index is 10.8. The van der Waals surface area contributed by atoms with Crippen LogP contribution >= 0.6 is 15.9 Å². The lowest BCUT2D eigenvalue weighted by Gasteiger charge is -2.24. The molecule has 140 valence electrons. The van der Waals surface area contributed by atoms with Gasteiger partial charge in [0.15, 0.2) is 0 Å². The first-order valence-electron chi connectivity index (χ1n) is 9.40. The second kappa shape index (κ2) is 9.20. The van der Waals surface area contributed by atoms with Crippen molar-refractivity contribution in [3.05, 3.63) is 99.5 Å². The van der Waals surface area contributed by atoms with Crippen LogP contribution in [-0.2, 0) is 6.42 Å². The van der Waals surface area contributed by atoms with Gasteiger partial charge in [-0.15, -0.1) is 0 Å². The van der Waals surface area contributed by atoms with Crippen LogP contribution in [0.15, 0.2) is 77.3 Å².